The Balaban J connectivity index is 1.83. The number of carbonyl (C=O) groups is 1. The molecule has 0 N–H and O–H groups in total. The molecule has 0 atom stereocenters. The smallest absolute Gasteiger partial charge is 0.260 e. The Kier molecular flexibility index (Phi) is 3.88. The molecule has 1 aliphatic heterocycles. The molecule has 25 heavy (non-hydrogen) atoms. The molecule has 5 nitrogen and oxygen atoms in total. The van der Waals surface area contributed by atoms with Crippen molar-refractivity contribution in [3.63, 3.8) is 0 Å². The van der Waals surface area contributed by atoms with Gasteiger partial charge in [-0.05, 0) is 46.3 Å². The number of hydrogen-bond acceptors (Lipinski definition) is 4. The molecule has 2 aromatic carbocycles. The molecule has 0 fully saturated rings. The van der Waals surface area contributed by atoms with Crippen LogP contribution in [0.2, 0.25) is 0 Å². The van der Waals surface area contributed by atoms with Gasteiger partial charge in [-0.25, -0.2) is 14.4 Å². The van der Waals surface area contributed by atoms with Crippen molar-refractivity contribution in [1.82, 2.24) is 9.97 Å². The molecule has 126 valence electrons. The van der Waals surface area contributed by atoms with E-state index in [0.717, 1.165) is 11.0 Å². The van der Waals surface area contributed by atoms with E-state index in [-0.39, 0.29) is 5.91 Å². The highest BCUT2D eigenvalue weighted by molar-refractivity contribution is 9.10. The number of nitrogens with zero attached hydrogens (tertiary/aromatic N) is 4. The van der Waals surface area contributed by atoms with Crippen molar-refractivity contribution < 1.29 is 9.18 Å². The molecule has 7 heteroatoms. The van der Waals surface area contributed by atoms with Gasteiger partial charge in [0.2, 0.25) is 0 Å². The lowest BCUT2D eigenvalue weighted by Crippen LogP contribution is -2.44. The fraction of sp³-hybridized carbons (Fsp3) is 0.167. The van der Waals surface area contributed by atoms with Crippen molar-refractivity contribution in [2.24, 2.45) is 0 Å². The number of likely N-dealkylation sites (N-methyl/N-ethyl adjacent to an activating group) is 1. The van der Waals surface area contributed by atoms with Gasteiger partial charge in [-0.3, -0.25) is 9.69 Å². The number of fused-ring (bicyclic) bond motifs is 2. The number of carbonyl (C=O) groups excluding carboxylic acids is 1. The predicted octanol–water partition coefficient (Wildman–Crippen LogP) is 3.63. The highest BCUT2D eigenvalue weighted by Crippen LogP contribution is 2.32. The van der Waals surface area contributed by atoms with Gasteiger partial charge in [0, 0.05) is 24.6 Å². The first kappa shape index (κ1) is 16.0. The number of anilines is 2. The molecule has 1 amide bonds. The summed E-state index contributed by atoms with van der Waals surface area (Å²) in [5.41, 5.74) is 1.91. The second-order valence-electron chi connectivity index (χ2n) is 5.86. The first-order valence-electron chi connectivity index (χ1n) is 7.79. The van der Waals surface area contributed by atoms with Gasteiger partial charge >= 0.3 is 0 Å². The molecular weight excluding hydrogens is 387 g/mol. The van der Waals surface area contributed by atoms with Crippen molar-refractivity contribution in [2.45, 2.75) is 0 Å². The van der Waals surface area contributed by atoms with Gasteiger partial charge in [0.25, 0.3) is 5.91 Å². The summed E-state index contributed by atoms with van der Waals surface area (Å²) in [7, 11) is 1.93. The second kappa shape index (κ2) is 6.07. The Morgan fingerprint density at radius 1 is 1.08 bits per heavy atom. The van der Waals surface area contributed by atoms with Crippen LogP contribution in [-0.2, 0) is 0 Å². The topological polar surface area (TPSA) is 49.3 Å². The second-order valence-corrected chi connectivity index (χ2v) is 6.72. The van der Waals surface area contributed by atoms with E-state index in [2.05, 4.69) is 25.9 Å². The standard InChI is InChI=1S/C18H14BrFN4O/c1-23-8-9-24(18(25)12-7-6-11(20)10-13(12)19)17-16(23)21-14-4-2-3-5-15(14)22-17/h2-7,10H,8-9H2,1H3. The first-order chi connectivity index (χ1) is 12.0. The maximum Gasteiger partial charge on any atom is 0.260 e. The average molecular weight is 401 g/mol. The van der Waals surface area contributed by atoms with E-state index >= 15 is 0 Å². The first-order valence-corrected chi connectivity index (χ1v) is 8.59. The monoisotopic (exact) mass is 400 g/mol. The van der Waals surface area contributed by atoms with Crippen molar-refractivity contribution in [3.05, 3.63) is 58.3 Å². The van der Waals surface area contributed by atoms with Crippen LogP contribution in [0.1, 0.15) is 10.4 Å². The third kappa shape index (κ3) is 2.74. The molecule has 0 bridgehead atoms. The number of benzene rings is 2. The highest BCUT2D eigenvalue weighted by Gasteiger charge is 2.30. The summed E-state index contributed by atoms with van der Waals surface area (Å²) in [4.78, 5) is 25.9. The Bertz CT molecular complexity index is 994. The van der Waals surface area contributed by atoms with Crippen LogP contribution in [0.15, 0.2) is 46.9 Å². The van der Waals surface area contributed by atoms with Crippen LogP contribution in [-0.4, -0.2) is 36.0 Å². The van der Waals surface area contributed by atoms with Gasteiger partial charge in [0.05, 0.1) is 16.6 Å². The lowest BCUT2D eigenvalue weighted by molar-refractivity contribution is 0.0985. The highest BCUT2D eigenvalue weighted by atomic mass is 79.9. The number of rotatable bonds is 1. The zero-order chi connectivity index (χ0) is 17.6. The van der Waals surface area contributed by atoms with Crippen LogP contribution in [0.25, 0.3) is 11.0 Å². The molecule has 0 saturated heterocycles. The lowest BCUT2D eigenvalue weighted by atomic mass is 10.1. The summed E-state index contributed by atoms with van der Waals surface area (Å²) < 4.78 is 13.8. The minimum atomic E-state index is -0.395. The van der Waals surface area contributed by atoms with Crippen molar-refractivity contribution in [2.75, 3.05) is 29.9 Å². The number of amides is 1. The van der Waals surface area contributed by atoms with Gasteiger partial charge in [0.15, 0.2) is 11.6 Å². The van der Waals surface area contributed by atoms with E-state index in [1.165, 1.54) is 18.2 Å². The summed E-state index contributed by atoms with van der Waals surface area (Å²) in [6.07, 6.45) is 0. The zero-order valence-corrected chi connectivity index (χ0v) is 15.0. The Hall–Kier alpha value is -2.54. The van der Waals surface area contributed by atoms with Crippen LogP contribution in [0.5, 0.6) is 0 Å². The number of aromatic nitrogens is 2. The van der Waals surface area contributed by atoms with Crippen LogP contribution < -0.4 is 9.80 Å². The van der Waals surface area contributed by atoms with Gasteiger partial charge in [-0.15, -0.1) is 0 Å². The van der Waals surface area contributed by atoms with E-state index < -0.39 is 5.82 Å². The summed E-state index contributed by atoms with van der Waals surface area (Å²) in [5.74, 6) is 0.559. The van der Waals surface area contributed by atoms with E-state index in [0.29, 0.717) is 34.8 Å². The summed E-state index contributed by atoms with van der Waals surface area (Å²) in [5, 5.41) is 0. The van der Waals surface area contributed by atoms with Crippen LogP contribution in [0.3, 0.4) is 0 Å². The molecule has 4 rings (SSSR count). The molecule has 0 spiro atoms. The van der Waals surface area contributed by atoms with E-state index in [9.17, 15) is 9.18 Å². The average Bonchev–Trinajstić information content (AvgIpc) is 2.60. The Morgan fingerprint density at radius 2 is 1.76 bits per heavy atom. The zero-order valence-electron chi connectivity index (χ0n) is 13.4. The fourth-order valence-electron chi connectivity index (χ4n) is 2.89. The third-order valence-electron chi connectivity index (χ3n) is 4.22. The van der Waals surface area contributed by atoms with Crippen molar-refractivity contribution in [3.8, 4) is 0 Å². The summed E-state index contributed by atoms with van der Waals surface area (Å²) in [6.45, 7) is 1.13. The SMILES string of the molecule is CN1CCN(C(=O)c2ccc(F)cc2Br)c2nc3ccccc3nc21. The number of halogens is 2. The van der Waals surface area contributed by atoms with Crippen LogP contribution in [0, 0.1) is 5.82 Å². The van der Waals surface area contributed by atoms with E-state index in [1.54, 1.807) is 4.90 Å². The largest absolute Gasteiger partial charge is 0.355 e. The van der Waals surface area contributed by atoms with Crippen LogP contribution >= 0.6 is 15.9 Å². The molecule has 2 heterocycles. The minimum Gasteiger partial charge on any atom is -0.355 e. The fourth-order valence-corrected chi connectivity index (χ4v) is 3.41. The maximum atomic E-state index is 13.3. The molecule has 1 aliphatic rings. The van der Waals surface area contributed by atoms with Crippen molar-refractivity contribution >= 4 is 44.5 Å². The number of hydrogen-bond donors (Lipinski definition) is 0. The predicted molar refractivity (Wildman–Crippen MR) is 98.6 cm³/mol. The molecule has 1 aromatic heterocycles. The van der Waals surface area contributed by atoms with E-state index in [1.807, 2.05) is 36.2 Å². The lowest BCUT2D eigenvalue weighted by Gasteiger charge is -2.34. The Morgan fingerprint density at radius 3 is 2.44 bits per heavy atom. The van der Waals surface area contributed by atoms with Gasteiger partial charge < -0.3 is 4.90 Å². The van der Waals surface area contributed by atoms with Gasteiger partial charge in [-0.2, -0.15) is 0 Å². The molecule has 0 saturated carbocycles. The maximum absolute atomic E-state index is 13.3. The van der Waals surface area contributed by atoms with E-state index in [4.69, 9.17) is 0 Å². The van der Waals surface area contributed by atoms with Gasteiger partial charge in [-0.1, -0.05) is 12.1 Å². The molecule has 0 radical (unpaired) electrons. The number of para-hydroxylation sites is 2. The third-order valence-corrected chi connectivity index (χ3v) is 4.87. The van der Waals surface area contributed by atoms with Crippen molar-refractivity contribution in [1.29, 1.82) is 0 Å². The molecule has 0 unspecified atom stereocenters. The molecule has 3 aromatic rings. The minimum absolute atomic E-state index is 0.231. The van der Waals surface area contributed by atoms with Gasteiger partial charge in [0.1, 0.15) is 5.82 Å². The summed E-state index contributed by atoms with van der Waals surface area (Å²) in [6, 6.07) is 11.6. The quantitative estimate of drug-likeness (QED) is 0.625. The normalized spacial score (nSPS) is 13.9. The molecule has 0 aliphatic carbocycles. The summed E-state index contributed by atoms with van der Waals surface area (Å²) >= 11 is 3.27. The molecular formula is C18H14BrFN4O. The van der Waals surface area contributed by atoms with Crippen LogP contribution in [0.4, 0.5) is 16.0 Å². The Labute approximate surface area is 152 Å².